The number of fused-ring (bicyclic) bond motifs is 1. The number of benzene rings is 1. The Morgan fingerprint density at radius 3 is 3.00 bits per heavy atom. The lowest BCUT2D eigenvalue weighted by atomic mass is 10.2. The fraction of sp³-hybridized carbons (Fsp3) is 0.0667. The van der Waals surface area contributed by atoms with Crippen LogP contribution in [-0.4, -0.2) is 18.4 Å². The molecule has 3 N–H and O–H groups in total. The number of carbonyl (C=O) groups is 1. The second-order valence-corrected chi connectivity index (χ2v) is 4.35. The molecule has 5 heteroatoms. The third-order valence-corrected chi connectivity index (χ3v) is 2.95. The minimum absolute atomic E-state index is 0.212. The molecule has 100 valence electrons. The maximum absolute atomic E-state index is 12.2. The van der Waals surface area contributed by atoms with Crippen LogP contribution in [0.5, 0.6) is 0 Å². The molecular formula is C15H14N4O. The van der Waals surface area contributed by atoms with Crippen molar-refractivity contribution < 1.29 is 4.79 Å². The van der Waals surface area contributed by atoms with Crippen molar-refractivity contribution in [2.24, 2.45) is 4.99 Å². The van der Waals surface area contributed by atoms with Gasteiger partial charge in [0.25, 0.3) is 5.91 Å². The molecule has 2 aliphatic heterocycles. The standard InChI is InChI=1S/C15H14N4O/c20-14(19-15-16-9-4-10-17-15)13-8-3-6-11-5-1-2-7-12(11)18-13/h1-10,15-16,18H,(H,19,20). The first-order valence-electron chi connectivity index (χ1n) is 6.32. The van der Waals surface area contributed by atoms with Gasteiger partial charge in [-0.25, -0.2) is 4.99 Å². The number of nitrogens with zero attached hydrogens (tertiary/aromatic N) is 1. The molecule has 20 heavy (non-hydrogen) atoms. The predicted molar refractivity (Wildman–Crippen MR) is 79.9 cm³/mol. The summed E-state index contributed by atoms with van der Waals surface area (Å²) < 4.78 is 0. The van der Waals surface area contributed by atoms with Crippen LogP contribution >= 0.6 is 0 Å². The second kappa shape index (κ2) is 5.44. The first-order valence-corrected chi connectivity index (χ1v) is 6.32. The molecule has 0 saturated carbocycles. The van der Waals surface area contributed by atoms with Crippen LogP contribution in [0.3, 0.4) is 0 Å². The van der Waals surface area contributed by atoms with Crippen molar-refractivity contribution in [3.8, 4) is 0 Å². The van der Waals surface area contributed by atoms with E-state index in [-0.39, 0.29) is 5.91 Å². The van der Waals surface area contributed by atoms with Gasteiger partial charge in [-0.3, -0.25) is 4.79 Å². The quantitative estimate of drug-likeness (QED) is 0.761. The number of para-hydroxylation sites is 1. The van der Waals surface area contributed by atoms with Crippen molar-refractivity contribution in [3.05, 3.63) is 60.0 Å². The van der Waals surface area contributed by atoms with Gasteiger partial charge in [0.15, 0.2) is 6.29 Å². The molecule has 2 aliphatic rings. The Labute approximate surface area is 116 Å². The summed E-state index contributed by atoms with van der Waals surface area (Å²) in [7, 11) is 0. The van der Waals surface area contributed by atoms with Crippen molar-refractivity contribution in [2.45, 2.75) is 6.29 Å². The van der Waals surface area contributed by atoms with Crippen LogP contribution in [0.25, 0.3) is 6.08 Å². The zero-order valence-electron chi connectivity index (χ0n) is 10.7. The summed E-state index contributed by atoms with van der Waals surface area (Å²) in [5.41, 5.74) is 2.43. The number of aliphatic imine (C=N–C) groups is 1. The largest absolute Gasteiger partial charge is 0.353 e. The smallest absolute Gasteiger partial charge is 0.270 e. The molecular weight excluding hydrogens is 252 g/mol. The molecule has 1 amide bonds. The van der Waals surface area contributed by atoms with E-state index < -0.39 is 6.29 Å². The SMILES string of the molecule is O=C(NC1N=CC=CN1)C1=CC=Cc2ccccc2N1. The van der Waals surface area contributed by atoms with Crippen LogP contribution in [0.2, 0.25) is 0 Å². The van der Waals surface area contributed by atoms with Crippen LogP contribution in [-0.2, 0) is 4.79 Å². The molecule has 0 radical (unpaired) electrons. The van der Waals surface area contributed by atoms with Gasteiger partial charge in [0, 0.05) is 18.1 Å². The van der Waals surface area contributed by atoms with E-state index in [2.05, 4.69) is 20.9 Å². The summed E-state index contributed by atoms with van der Waals surface area (Å²) in [6.07, 6.45) is 10.3. The second-order valence-electron chi connectivity index (χ2n) is 4.35. The van der Waals surface area contributed by atoms with E-state index in [9.17, 15) is 4.79 Å². The zero-order chi connectivity index (χ0) is 13.8. The average Bonchev–Trinajstić information content (AvgIpc) is 2.70. The molecule has 1 atom stereocenters. The Balaban J connectivity index is 1.73. The molecule has 0 spiro atoms. The normalized spacial score (nSPS) is 19.2. The van der Waals surface area contributed by atoms with Gasteiger partial charge in [0.05, 0.1) is 0 Å². The number of hydrogen-bond donors (Lipinski definition) is 3. The monoisotopic (exact) mass is 266 g/mol. The summed E-state index contributed by atoms with van der Waals surface area (Å²) in [6, 6.07) is 7.82. The topological polar surface area (TPSA) is 65.5 Å². The average molecular weight is 266 g/mol. The molecule has 2 heterocycles. The molecule has 1 aromatic carbocycles. The molecule has 0 fully saturated rings. The Kier molecular flexibility index (Phi) is 3.33. The van der Waals surface area contributed by atoms with E-state index in [0.717, 1.165) is 11.3 Å². The summed E-state index contributed by atoms with van der Waals surface area (Å²) in [5.74, 6) is -0.212. The van der Waals surface area contributed by atoms with Gasteiger partial charge in [0.2, 0.25) is 0 Å². The highest BCUT2D eigenvalue weighted by atomic mass is 16.2. The first-order chi connectivity index (χ1) is 9.83. The van der Waals surface area contributed by atoms with Crippen molar-refractivity contribution in [2.75, 3.05) is 5.32 Å². The van der Waals surface area contributed by atoms with Gasteiger partial charge in [0.1, 0.15) is 5.70 Å². The molecule has 1 aromatic rings. The van der Waals surface area contributed by atoms with Crippen LogP contribution in [0.4, 0.5) is 5.69 Å². The Morgan fingerprint density at radius 2 is 2.15 bits per heavy atom. The highest BCUT2D eigenvalue weighted by Gasteiger charge is 2.15. The van der Waals surface area contributed by atoms with Crippen LogP contribution in [0, 0.1) is 0 Å². The van der Waals surface area contributed by atoms with Gasteiger partial charge >= 0.3 is 0 Å². The highest BCUT2D eigenvalue weighted by Crippen LogP contribution is 2.21. The lowest BCUT2D eigenvalue weighted by Gasteiger charge is -2.18. The number of allylic oxidation sites excluding steroid dienone is 3. The molecule has 0 aromatic heterocycles. The maximum Gasteiger partial charge on any atom is 0.270 e. The van der Waals surface area contributed by atoms with Crippen LogP contribution in [0.1, 0.15) is 5.56 Å². The van der Waals surface area contributed by atoms with Gasteiger partial charge in [-0.2, -0.15) is 0 Å². The lowest BCUT2D eigenvalue weighted by molar-refractivity contribution is -0.118. The van der Waals surface area contributed by atoms with E-state index in [1.165, 1.54) is 0 Å². The third-order valence-electron chi connectivity index (χ3n) is 2.95. The number of rotatable bonds is 2. The van der Waals surface area contributed by atoms with Crippen molar-refractivity contribution in [1.82, 2.24) is 10.6 Å². The lowest BCUT2D eigenvalue weighted by Crippen LogP contribution is -2.44. The number of amides is 1. The van der Waals surface area contributed by atoms with E-state index in [1.54, 1.807) is 24.6 Å². The summed E-state index contributed by atoms with van der Waals surface area (Å²) >= 11 is 0. The first kappa shape index (κ1) is 12.2. The Bertz CT molecular complexity index is 643. The minimum Gasteiger partial charge on any atom is -0.353 e. The molecule has 0 bridgehead atoms. The van der Waals surface area contributed by atoms with Crippen molar-refractivity contribution >= 4 is 23.9 Å². The van der Waals surface area contributed by atoms with Crippen LogP contribution in [0.15, 0.2) is 59.4 Å². The van der Waals surface area contributed by atoms with Crippen molar-refractivity contribution in [3.63, 3.8) is 0 Å². The summed E-state index contributed by atoms with van der Waals surface area (Å²) in [6.45, 7) is 0. The van der Waals surface area contributed by atoms with Crippen LogP contribution < -0.4 is 16.0 Å². The predicted octanol–water partition coefficient (Wildman–Crippen LogP) is 1.60. The Morgan fingerprint density at radius 1 is 1.25 bits per heavy atom. The van der Waals surface area contributed by atoms with E-state index in [0.29, 0.717) is 5.70 Å². The molecule has 3 rings (SSSR count). The Hall–Kier alpha value is -2.82. The molecule has 1 unspecified atom stereocenters. The van der Waals surface area contributed by atoms with E-state index in [1.807, 2.05) is 36.4 Å². The number of nitrogens with one attached hydrogen (secondary N) is 3. The molecule has 0 aliphatic carbocycles. The number of anilines is 1. The minimum atomic E-state index is -0.433. The van der Waals surface area contributed by atoms with Crippen molar-refractivity contribution in [1.29, 1.82) is 0 Å². The number of hydrogen-bond acceptors (Lipinski definition) is 4. The fourth-order valence-corrected chi connectivity index (χ4v) is 1.97. The third kappa shape index (κ3) is 2.61. The molecule has 0 saturated heterocycles. The zero-order valence-corrected chi connectivity index (χ0v) is 10.7. The maximum atomic E-state index is 12.2. The number of carbonyl (C=O) groups excluding carboxylic acids is 1. The van der Waals surface area contributed by atoms with Gasteiger partial charge in [-0.15, -0.1) is 0 Å². The highest BCUT2D eigenvalue weighted by molar-refractivity contribution is 5.98. The van der Waals surface area contributed by atoms with Gasteiger partial charge in [-0.1, -0.05) is 30.4 Å². The summed E-state index contributed by atoms with van der Waals surface area (Å²) in [4.78, 5) is 16.3. The van der Waals surface area contributed by atoms with E-state index in [4.69, 9.17) is 0 Å². The van der Waals surface area contributed by atoms with Gasteiger partial charge in [-0.05, 0) is 23.8 Å². The molecule has 5 nitrogen and oxygen atoms in total. The van der Waals surface area contributed by atoms with E-state index >= 15 is 0 Å². The summed E-state index contributed by atoms with van der Waals surface area (Å²) in [5, 5.41) is 8.86. The fourth-order valence-electron chi connectivity index (χ4n) is 1.97. The van der Waals surface area contributed by atoms with Gasteiger partial charge < -0.3 is 16.0 Å².